The van der Waals surface area contributed by atoms with Crippen molar-refractivity contribution in [2.45, 2.75) is 33.3 Å². The first-order valence-corrected chi connectivity index (χ1v) is 7.11. The normalized spacial score (nSPS) is 11.1. The molecule has 112 valence electrons. The van der Waals surface area contributed by atoms with Gasteiger partial charge in [-0.05, 0) is 55.8 Å². The van der Waals surface area contributed by atoms with Crippen molar-refractivity contribution in [3.05, 3.63) is 22.7 Å². The van der Waals surface area contributed by atoms with Crippen LogP contribution in [0.1, 0.15) is 27.7 Å². The van der Waals surface area contributed by atoms with Gasteiger partial charge in [0.1, 0.15) is 11.4 Å². The van der Waals surface area contributed by atoms with Gasteiger partial charge in [0.2, 0.25) is 0 Å². The van der Waals surface area contributed by atoms with Crippen molar-refractivity contribution in [2.75, 3.05) is 18.7 Å². The van der Waals surface area contributed by atoms with Gasteiger partial charge in [-0.3, -0.25) is 5.32 Å². The maximum Gasteiger partial charge on any atom is 0.412 e. The molecule has 0 fully saturated rings. The third-order valence-corrected chi connectivity index (χ3v) is 2.73. The summed E-state index contributed by atoms with van der Waals surface area (Å²) in [5.74, 6) is 0.590. The Bertz CT molecular complexity index is 457. The van der Waals surface area contributed by atoms with Crippen LogP contribution in [-0.2, 0) is 9.47 Å². The second kappa shape index (κ2) is 7.50. The number of rotatable bonds is 5. The lowest BCUT2D eigenvalue weighted by atomic mass is 10.2. The summed E-state index contributed by atoms with van der Waals surface area (Å²) in [6, 6.07) is 5.24. The fourth-order valence-corrected chi connectivity index (χ4v) is 1.66. The summed E-state index contributed by atoms with van der Waals surface area (Å²) in [5, 5.41) is 2.65. The molecule has 0 bridgehead atoms. The third kappa shape index (κ3) is 6.25. The van der Waals surface area contributed by atoms with Crippen molar-refractivity contribution in [3.8, 4) is 5.75 Å². The molecule has 6 heteroatoms. The Balaban J connectivity index is 2.67. The van der Waals surface area contributed by atoms with Crippen molar-refractivity contribution in [1.29, 1.82) is 0 Å². The fourth-order valence-electron chi connectivity index (χ4n) is 1.30. The molecule has 1 amide bonds. The summed E-state index contributed by atoms with van der Waals surface area (Å²) in [6.07, 6.45) is -0.504. The van der Waals surface area contributed by atoms with E-state index in [1.807, 2.05) is 27.7 Å². The van der Waals surface area contributed by atoms with E-state index in [9.17, 15) is 4.79 Å². The lowest BCUT2D eigenvalue weighted by Gasteiger charge is -2.20. The zero-order valence-corrected chi connectivity index (χ0v) is 13.7. The zero-order chi connectivity index (χ0) is 15.2. The second-order valence-electron chi connectivity index (χ2n) is 5.03. The lowest BCUT2D eigenvalue weighted by Crippen LogP contribution is -2.27. The molecule has 5 nitrogen and oxygen atoms in total. The number of ether oxygens (including phenoxy) is 3. The average molecular weight is 346 g/mol. The molecule has 20 heavy (non-hydrogen) atoms. The van der Waals surface area contributed by atoms with Crippen LogP contribution in [0.4, 0.5) is 10.5 Å². The van der Waals surface area contributed by atoms with E-state index >= 15 is 0 Å². The van der Waals surface area contributed by atoms with E-state index in [0.717, 1.165) is 4.47 Å². The number of nitrogens with one attached hydrogen (secondary N) is 1. The van der Waals surface area contributed by atoms with Crippen molar-refractivity contribution < 1.29 is 19.0 Å². The van der Waals surface area contributed by atoms with Crippen LogP contribution in [0.5, 0.6) is 5.75 Å². The van der Waals surface area contributed by atoms with Crippen molar-refractivity contribution >= 4 is 27.7 Å². The number of halogens is 1. The zero-order valence-electron chi connectivity index (χ0n) is 12.2. The predicted molar refractivity (Wildman–Crippen MR) is 81.1 cm³/mol. The van der Waals surface area contributed by atoms with Crippen LogP contribution in [0.3, 0.4) is 0 Å². The Labute approximate surface area is 127 Å². The molecule has 0 aliphatic rings. The lowest BCUT2D eigenvalue weighted by molar-refractivity contribution is 0.0220. The van der Waals surface area contributed by atoms with Crippen molar-refractivity contribution in [3.63, 3.8) is 0 Å². The Morgan fingerprint density at radius 3 is 2.65 bits per heavy atom. The van der Waals surface area contributed by atoms with E-state index in [-0.39, 0.29) is 6.79 Å². The molecular formula is C14H20BrNO4. The van der Waals surface area contributed by atoms with Gasteiger partial charge in [-0.1, -0.05) is 0 Å². The summed E-state index contributed by atoms with van der Waals surface area (Å²) in [5.41, 5.74) is 0.0576. The molecule has 1 aromatic carbocycles. The summed E-state index contributed by atoms with van der Waals surface area (Å²) in [6.45, 7) is 8.05. The van der Waals surface area contributed by atoms with Gasteiger partial charge in [-0.2, -0.15) is 0 Å². The van der Waals surface area contributed by atoms with E-state index in [1.165, 1.54) is 0 Å². The van der Waals surface area contributed by atoms with Gasteiger partial charge >= 0.3 is 6.09 Å². The molecule has 0 spiro atoms. The minimum atomic E-state index is -0.534. The molecule has 0 atom stereocenters. The highest BCUT2D eigenvalue weighted by Crippen LogP contribution is 2.28. The summed E-state index contributed by atoms with van der Waals surface area (Å²) < 4.78 is 16.5. The first-order valence-electron chi connectivity index (χ1n) is 6.32. The Kier molecular flexibility index (Phi) is 6.29. The Hall–Kier alpha value is -1.27. The SMILES string of the molecule is CCOCOc1cc(NC(=O)OC(C)(C)C)ccc1Br. The van der Waals surface area contributed by atoms with Gasteiger partial charge in [0.25, 0.3) is 0 Å². The molecule has 1 aromatic rings. The monoisotopic (exact) mass is 345 g/mol. The van der Waals surface area contributed by atoms with Crippen LogP contribution in [0.25, 0.3) is 0 Å². The number of carbonyl (C=O) groups is 1. The minimum absolute atomic E-state index is 0.158. The number of carbonyl (C=O) groups excluding carboxylic acids is 1. The van der Waals surface area contributed by atoms with E-state index in [1.54, 1.807) is 18.2 Å². The van der Waals surface area contributed by atoms with Crippen molar-refractivity contribution in [2.24, 2.45) is 0 Å². The van der Waals surface area contributed by atoms with Gasteiger partial charge < -0.3 is 14.2 Å². The van der Waals surface area contributed by atoms with Gasteiger partial charge in [-0.25, -0.2) is 4.79 Å². The first kappa shape index (κ1) is 16.8. The molecule has 1 rings (SSSR count). The third-order valence-electron chi connectivity index (χ3n) is 2.08. The van der Waals surface area contributed by atoms with Gasteiger partial charge in [0.05, 0.1) is 4.47 Å². The van der Waals surface area contributed by atoms with E-state index < -0.39 is 11.7 Å². The fraction of sp³-hybridized carbons (Fsp3) is 0.500. The number of amides is 1. The number of hydrogen-bond acceptors (Lipinski definition) is 4. The van der Waals surface area contributed by atoms with Crippen LogP contribution < -0.4 is 10.1 Å². The smallest absolute Gasteiger partial charge is 0.412 e. The Morgan fingerprint density at radius 1 is 1.35 bits per heavy atom. The van der Waals surface area contributed by atoms with Gasteiger partial charge in [0.15, 0.2) is 6.79 Å². The van der Waals surface area contributed by atoms with Crippen LogP contribution in [0.2, 0.25) is 0 Å². The molecule has 0 saturated heterocycles. The molecular weight excluding hydrogens is 326 g/mol. The first-order chi connectivity index (χ1) is 9.31. The highest BCUT2D eigenvalue weighted by Gasteiger charge is 2.16. The molecule has 1 N–H and O–H groups in total. The second-order valence-corrected chi connectivity index (χ2v) is 5.88. The standard InChI is InChI=1S/C14H20BrNO4/c1-5-18-9-19-12-8-10(6-7-11(12)15)16-13(17)20-14(2,3)4/h6-8H,5,9H2,1-4H3,(H,16,17). The summed E-state index contributed by atoms with van der Waals surface area (Å²) in [4.78, 5) is 11.7. The minimum Gasteiger partial charge on any atom is -0.466 e. The van der Waals surface area contributed by atoms with Gasteiger partial charge in [-0.15, -0.1) is 0 Å². The molecule has 0 aliphatic carbocycles. The van der Waals surface area contributed by atoms with Crippen LogP contribution in [-0.4, -0.2) is 25.1 Å². The highest BCUT2D eigenvalue weighted by atomic mass is 79.9. The quantitative estimate of drug-likeness (QED) is 0.642. The van der Waals surface area contributed by atoms with Crippen molar-refractivity contribution in [1.82, 2.24) is 0 Å². The average Bonchev–Trinajstić information content (AvgIpc) is 2.31. The number of anilines is 1. The number of hydrogen-bond donors (Lipinski definition) is 1. The predicted octanol–water partition coefficient (Wildman–Crippen LogP) is 4.17. The van der Waals surface area contributed by atoms with E-state index in [0.29, 0.717) is 18.0 Å². The van der Waals surface area contributed by atoms with Crippen LogP contribution in [0, 0.1) is 0 Å². The maximum absolute atomic E-state index is 11.7. The molecule has 0 heterocycles. The maximum atomic E-state index is 11.7. The Morgan fingerprint density at radius 2 is 2.05 bits per heavy atom. The summed E-state index contributed by atoms with van der Waals surface area (Å²) >= 11 is 3.37. The number of benzene rings is 1. The van der Waals surface area contributed by atoms with Crippen LogP contribution in [0.15, 0.2) is 22.7 Å². The molecule has 0 radical (unpaired) electrons. The summed E-state index contributed by atoms with van der Waals surface area (Å²) in [7, 11) is 0. The molecule has 0 aromatic heterocycles. The van der Waals surface area contributed by atoms with E-state index in [2.05, 4.69) is 21.2 Å². The molecule has 0 aliphatic heterocycles. The topological polar surface area (TPSA) is 56.8 Å². The highest BCUT2D eigenvalue weighted by molar-refractivity contribution is 9.10. The van der Waals surface area contributed by atoms with E-state index in [4.69, 9.17) is 14.2 Å². The van der Waals surface area contributed by atoms with Crippen LogP contribution >= 0.6 is 15.9 Å². The molecule has 0 saturated carbocycles. The van der Waals surface area contributed by atoms with Gasteiger partial charge in [0, 0.05) is 18.4 Å². The largest absolute Gasteiger partial charge is 0.466 e. The molecule has 0 unspecified atom stereocenters.